The third-order valence-electron chi connectivity index (χ3n) is 12.8. The first-order valence-electron chi connectivity index (χ1n) is 28.4. The molecule has 0 aromatic carbocycles. The number of aliphatic hydroxyl groups is 1. The fourth-order valence-corrected chi connectivity index (χ4v) is 9.08. The van der Waals surface area contributed by atoms with Gasteiger partial charge in [-0.1, -0.05) is 249 Å². The molecular weight excluding hydrogens is 840 g/mol. The number of likely N-dealkylation sites (N-methyl/N-ethyl adjacent to an activating group) is 1. The lowest BCUT2D eigenvalue weighted by Crippen LogP contribution is -2.45. The number of carbonyl (C=O) groups is 1. The first-order chi connectivity index (χ1) is 32.0. The molecule has 0 fully saturated rings. The second-order valence-electron chi connectivity index (χ2n) is 20.6. The molecule has 0 spiro atoms. The molecule has 0 saturated carbocycles. The monoisotopic (exact) mass is 951 g/mol. The minimum atomic E-state index is -4.60. The molecule has 0 radical (unpaired) electrons. The van der Waals surface area contributed by atoms with Crippen LogP contribution in [-0.2, 0) is 18.4 Å². The van der Waals surface area contributed by atoms with Crippen LogP contribution in [0.1, 0.15) is 271 Å². The van der Waals surface area contributed by atoms with Crippen LogP contribution in [0.5, 0.6) is 0 Å². The minimum absolute atomic E-state index is 0.00238. The Kier molecular flexibility index (Phi) is 47.8. The van der Waals surface area contributed by atoms with Gasteiger partial charge in [-0.15, -0.1) is 0 Å². The van der Waals surface area contributed by atoms with E-state index < -0.39 is 20.0 Å². The van der Waals surface area contributed by atoms with Gasteiger partial charge < -0.3 is 28.8 Å². The standard InChI is InChI=1S/C57H111N2O6P/c1-6-8-10-12-14-16-18-20-22-24-26-28-29-31-33-35-37-39-41-43-45-47-49-51-57(61)58-55(54-65-66(62,63)64-53-52-59(3,4)5)56(60)50-48-46-44-42-40-38-36-34-32-30-27-25-23-21-19-17-15-13-11-9-7-2/h26,28,31,33,48,50,55-56,60H,6-25,27,29-30,32,34-47,49,51-54H2,1-5H3,(H-,58,61,62,63)/b28-26-,33-31-,50-48+. The van der Waals surface area contributed by atoms with Crippen molar-refractivity contribution >= 4 is 13.7 Å². The van der Waals surface area contributed by atoms with Crippen molar-refractivity contribution in [2.45, 2.75) is 283 Å². The maximum atomic E-state index is 13.0. The van der Waals surface area contributed by atoms with E-state index in [-0.39, 0.29) is 19.1 Å². The Balaban J connectivity index is 4.26. The van der Waals surface area contributed by atoms with Crippen molar-refractivity contribution in [3.05, 3.63) is 36.5 Å². The Hall–Kier alpha value is -1.28. The normalized spacial score (nSPS) is 14.2. The van der Waals surface area contributed by atoms with E-state index in [0.29, 0.717) is 17.4 Å². The molecule has 66 heavy (non-hydrogen) atoms. The molecule has 3 unspecified atom stereocenters. The van der Waals surface area contributed by atoms with E-state index in [0.717, 1.165) is 51.4 Å². The molecule has 1 amide bonds. The molecule has 8 nitrogen and oxygen atoms in total. The molecule has 2 N–H and O–H groups in total. The number of nitrogens with zero attached hydrogens (tertiary/aromatic N) is 1. The maximum Gasteiger partial charge on any atom is 0.268 e. The largest absolute Gasteiger partial charge is 0.756 e. The van der Waals surface area contributed by atoms with Crippen LogP contribution in [0.3, 0.4) is 0 Å². The second-order valence-corrected chi connectivity index (χ2v) is 22.1. The Morgan fingerprint density at radius 1 is 0.530 bits per heavy atom. The van der Waals surface area contributed by atoms with E-state index in [1.807, 2.05) is 27.2 Å². The fraction of sp³-hybridized carbons (Fsp3) is 0.877. The minimum Gasteiger partial charge on any atom is -0.756 e. The number of allylic oxidation sites excluding steroid dienone is 5. The molecule has 0 bridgehead atoms. The highest BCUT2D eigenvalue weighted by Gasteiger charge is 2.23. The summed E-state index contributed by atoms with van der Waals surface area (Å²) in [4.78, 5) is 25.5. The number of aliphatic hydroxyl groups excluding tert-OH is 1. The highest BCUT2D eigenvalue weighted by molar-refractivity contribution is 7.45. The van der Waals surface area contributed by atoms with Crippen LogP contribution in [0.15, 0.2) is 36.5 Å². The summed E-state index contributed by atoms with van der Waals surface area (Å²) < 4.78 is 23.3. The van der Waals surface area contributed by atoms with Gasteiger partial charge in [0.2, 0.25) is 5.91 Å². The van der Waals surface area contributed by atoms with Crippen LogP contribution in [0.4, 0.5) is 0 Å². The van der Waals surface area contributed by atoms with Gasteiger partial charge in [-0.05, 0) is 51.4 Å². The van der Waals surface area contributed by atoms with Crippen LogP contribution in [0, 0.1) is 0 Å². The number of hydrogen-bond acceptors (Lipinski definition) is 6. The zero-order valence-electron chi connectivity index (χ0n) is 44.4. The van der Waals surface area contributed by atoms with Gasteiger partial charge in [0.15, 0.2) is 0 Å². The zero-order valence-corrected chi connectivity index (χ0v) is 45.3. The van der Waals surface area contributed by atoms with Crippen molar-refractivity contribution < 1.29 is 32.9 Å². The molecule has 0 aromatic rings. The van der Waals surface area contributed by atoms with Crippen molar-refractivity contribution in [2.75, 3.05) is 40.9 Å². The lowest BCUT2D eigenvalue weighted by molar-refractivity contribution is -0.870. The van der Waals surface area contributed by atoms with E-state index in [9.17, 15) is 19.4 Å². The first-order valence-corrected chi connectivity index (χ1v) is 29.8. The van der Waals surface area contributed by atoms with E-state index in [4.69, 9.17) is 9.05 Å². The SMILES string of the molecule is CCCCCCCCCCC/C=C\C/C=C\CCCCCCCCCC(=O)NC(COP(=O)([O-])OCC[N+](C)(C)C)C(O)/C=C/CCCCCCCCCCCCCCCCCCCCC. The number of phosphoric acid groups is 1. The third-order valence-corrected chi connectivity index (χ3v) is 13.8. The zero-order chi connectivity index (χ0) is 48.5. The molecule has 0 aliphatic heterocycles. The fourth-order valence-electron chi connectivity index (χ4n) is 8.36. The summed E-state index contributed by atoms with van der Waals surface area (Å²) >= 11 is 0. The molecule has 0 aliphatic rings. The smallest absolute Gasteiger partial charge is 0.268 e. The van der Waals surface area contributed by atoms with Crippen LogP contribution in [0.25, 0.3) is 0 Å². The lowest BCUT2D eigenvalue weighted by Gasteiger charge is -2.29. The Morgan fingerprint density at radius 2 is 0.879 bits per heavy atom. The number of phosphoric ester groups is 1. The summed E-state index contributed by atoms with van der Waals surface area (Å²) in [6, 6.07) is -0.891. The van der Waals surface area contributed by atoms with Gasteiger partial charge in [-0.3, -0.25) is 9.36 Å². The first kappa shape index (κ1) is 64.7. The number of amides is 1. The summed E-state index contributed by atoms with van der Waals surface area (Å²) in [5.74, 6) is -0.202. The third kappa shape index (κ3) is 50.6. The quantitative estimate of drug-likeness (QED) is 0.0272. The van der Waals surface area contributed by atoms with Gasteiger partial charge in [-0.25, -0.2) is 0 Å². The maximum absolute atomic E-state index is 13.0. The average molecular weight is 951 g/mol. The molecule has 0 saturated heterocycles. The van der Waals surface area contributed by atoms with Crippen molar-refractivity contribution in [3.8, 4) is 0 Å². The number of rotatable bonds is 52. The molecule has 3 atom stereocenters. The van der Waals surface area contributed by atoms with Crippen LogP contribution < -0.4 is 10.2 Å². The van der Waals surface area contributed by atoms with Gasteiger partial charge in [0.1, 0.15) is 13.2 Å². The van der Waals surface area contributed by atoms with Crippen molar-refractivity contribution in [3.63, 3.8) is 0 Å². The van der Waals surface area contributed by atoms with E-state index in [1.165, 1.54) is 199 Å². The number of nitrogens with one attached hydrogen (secondary N) is 1. The molecule has 0 rings (SSSR count). The predicted octanol–water partition coefficient (Wildman–Crippen LogP) is 16.4. The van der Waals surface area contributed by atoms with Crippen molar-refractivity contribution in [1.82, 2.24) is 5.32 Å². The molecule has 9 heteroatoms. The Morgan fingerprint density at radius 3 is 1.26 bits per heavy atom. The number of unbranched alkanes of at least 4 members (excludes halogenated alkanes) is 35. The Labute approximate surface area is 410 Å². The topological polar surface area (TPSA) is 108 Å². The summed E-state index contributed by atoms with van der Waals surface area (Å²) in [6.45, 7) is 4.67. The lowest BCUT2D eigenvalue weighted by atomic mass is 10.0. The average Bonchev–Trinajstić information content (AvgIpc) is 3.28. The van der Waals surface area contributed by atoms with Gasteiger partial charge >= 0.3 is 0 Å². The molecular formula is C57H111N2O6P. The molecule has 0 heterocycles. The van der Waals surface area contributed by atoms with Crippen LogP contribution in [0.2, 0.25) is 0 Å². The Bertz CT molecular complexity index is 1170. The highest BCUT2D eigenvalue weighted by Crippen LogP contribution is 2.38. The number of carbonyl (C=O) groups excluding carboxylic acids is 1. The summed E-state index contributed by atoms with van der Waals surface area (Å²) in [7, 11) is 1.26. The number of hydrogen-bond donors (Lipinski definition) is 2. The van der Waals surface area contributed by atoms with Gasteiger partial charge in [0, 0.05) is 6.42 Å². The van der Waals surface area contributed by atoms with Crippen LogP contribution >= 0.6 is 7.82 Å². The summed E-state index contributed by atoms with van der Waals surface area (Å²) in [5.41, 5.74) is 0. The van der Waals surface area contributed by atoms with E-state index >= 15 is 0 Å². The molecule has 0 aliphatic carbocycles. The van der Waals surface area contributed by atoms with Crippen LogP contribution in [-0.4, -0.2) is 68.5 Å². The second kappa shape index (κ2) is 48.7. The predicted molar refractivity (Wildman–Crippen MR) is 284 cm³/mol. The van der Waals surface area contributed by atoms with Gasteiger partial charge in [-0.2, -0.15) is 0 Å². The summed E-state index contributed by atoms with van der Waals surface area (Å²) in [6.07, 6.45) is 62.1. The number of quaternary nitrogens is 1. The summed E-state index contributed by atoms with van der Waals surface area (Å²) in [5, 5.41) is 13.9. The molecule has 390 valence electrons. The highest BCUT2D eigenvalue weighted by atomic mass is 31.2. The van der Waals surface area contributed by atoms with Crippen molar-refractivity contribution in [2.24, 2.45) is 0 Å². The van der Waals surface area contributed by atoms with Gasteiger partial charge in [0.05, 0.1) is 39.9 Å². The molecule has 0 aromatic heterocycles. The van der Waals surface area contributed by atoms with E-state index in [1.54, 1.807) is 6.08 Å². The van der Waals surface area contributed by atoms with E-state index in [2.05, 4.69) is 43.5 Å². The van der Waals surface area contributed by atoms with Crippen molar-refractivity contribution in [1.29, 1.82) is 0 Å². The van der Waals surface area contributed by atoms with Gasteiger partial charge in [0.25, 0.3) is 7.82 Å².